The highest BCUT2D eigenvalue weighted by molar-refractivity contribution is 5.92. The van der Waals surface area contributed by atoms with Crippen LogP contribution in [-0.2, 0) is 16.1 Å². The first kappa shape index (κ1) is 15.5. The van der Waals surface area contributed by atoms with Crippen LogP contribution in [0.3, 0.4) is 0 Å². The third-order valence-electron chi connectivity index (χ3n) is 4.67. The van der Waals surface area contributed by atoms with Gasteiger partial charge in [0, 0.05) is 31.2 Å². The van der Waals surface area contributed by atoms with Crippen molar-refractivity contribution in [2.24, 2.45) is 11.8 Å². The molecule has 0 spiro atoms. The van der Waals surface area contributed by atoms with Crippen molar-refractivity contribution in [2.45, 2.75) is 13.5 Å². The Labute approximate surface area is 132 Å². The third-order valence-corrected chi connectivity index (χ3v) is 4.67. The molecule has 5 nitrogen and oxygen atoms in total. The molecule has 0 bridgehead atoms. The fraction of sp³-hybridized carbons (Fsp3) is 0.588. The Balaban J connectivity index is 1.51. The van der Waals surface area contributed by atoms with E-state index in [2.05, 4.69) is 27.7 Å². The van der Waals surface area contributed by atoms with Gasteiger partial charge in [0.2, 0.25) is 5.91 Å². The molecule has 1 amide bonds. The molecule has 0 saturated carbocycles. The average molecular weight is 303 g/mol. The normalized spacial score (nSPS) is 21.1. The van der Waals surface area contributed by atoms with Crippen molar-refractivity contribution in [1.82, 2.24) is 10.2 Å². The maximum absolute atomic E-state index is 12.2. The molecular formula is C17H25N3O2. The van der Waals surface area contributed by atoms with Gasteiger partial charge in [0.25, 0.3) is 0 Å². The minimum Gasteiger partial charge on any atom is -0.379 e. The third kappa shape index (κ3) is 3.85. The van der Waals surface area contributed by atoms with Crippen LogP contribution < -0.4 is 10.6 Å². The number of hydrogen-bond acceptors (Lipinski definition) is 4. The van der Waals surface area contributed by atoms with Crippen LogP contribution >= 0.6 is 0 Å². The van der Waals surface area contributed by atoms with Gasteiger partial charge in [-0.05, 0) is 36.7 Å². The fourth-order valence-electron chi connectivity index (χ4n) is 2.85. The molecule has 1 aromatic carbocycles. The molecule has 3 rings (SSSR count). The molecule has 120 valence electrons. The van der Waals surface area contributed by atoms with Gasteiger partial charge >= 0.3 is 0 Å². The summed E-state index contributed by atoms with van der Waals surface area (Å²) < 4.78 is 5.36. The second-order valence-electron chi connectivity index (χ2n) is 6.28. The predicted molar refractivity (Wildman–Crippen MR) is 86.7 cm³/mol. The number of benzene rings is 1. The van der Waals surface area contributed by atoms with Crippen molar-refractivity contribution in [3.8, 4) is 0 Å². The fourth-order valence-corrected chi connectivity index (χ4v) is 2.85. The summed E-state index contributed by atoms with van der Waals surface area (Å²) in [6, 6.07) is 8.19. The topological polar surface area (TPSA) is 53.6 Å². The number of morpholine rings is 1. The molecule has 22 heavy (non-hydrogen) atoms. The lowest BCUT2D eigenvalue weighted by molar-refractivity contribution is -0.121. The van der Waals surface area contributed by atoms with Gasteiger partial charge in [-0.1, -0.05) is 19.1 Å². The Bertz CT molecular complexity index is 493. The largest absolute Gasteiger partial charge is 0.379 e. The van der Waals surface area contributed by atoms with Crippen LogP contribution in [-0.4, -0.2) is 50.2 Å². The predicted octanol–water partition coefficient (Wildman–Crippen LogP) is 1.31. The van der Waals surface area contributed by atoms with Gasteiger partial charge in [-0.2, -0.15) is 0 Å². The van der Waals surface area contributed by atoms with E-state index < -0.39 is 0 Å². The molecule has 2 N–H and O–H groups in total. The standard InChI is InChI=1S/C17H25N3O2/c1-13(15-10-18-11-15)17(21)19-16-4-2-14(3-5-16)12-20-6-8-22-9-7-20/h2-5,13,15,18H,6-12H2,1H3,(H,19,21). The van der Waals surface area contributed by atoms with Crippen LogP contribution in [0.1, 0.15) is 12.5 Å². The lowest BCUT2D eigenvalue weighted by atomic mass is 9.88. The molecule has 2 aliphatic heterocycles. The number of carbonyl (C=O) groups is 1. The second kappa shape index (κ2) is 7.22. The van der Waals surface area contributed by atoms with Crippen molar-refractivity contribution in [2.75, 3.05) is 44.7 Å². The van der Waals surface area contributed by atoms with E-state index in [9.17, 15) is 4.79 Å². The van der Waals surface area contributed by atoms with Crippen LogP contribution in [0.2, 0.25) is 0 Å². The zero-order valence-corrected chi connectivity index (χ0v) is 13.2. The van der Waals surface area contributed by atoms with E-state index in [0.29, 0.717) is 5.92 Å². The molecule has 5 heteroatoms. The smallest absolute Gasteiger partial charge is 0.227 e. The quantitative estimate of drug-likeness (QED) is 0.861. The van der Waals surface area contributed by atoms with Gasteiger partial charge in [0.1, 0.15) is 0 Å². The lowest BCUT2D eigenvalue weighted by Gasteiger charge is -2.31. The van der Waals surface area contributed by atoms with Gasteiger partial charge in [0.15, 0.2) is 0 Å². The molecule has 2 heterocycles. The van der Waals surface area contributed by atoms with Crippen LogP contribution in [0.25, 0.3) is 0 Å². The highest BCUT2D eigenvalue weighted by Gasteiger charge is 2.28. The van der Waals surface area contributed by atoms with Crippen LogP contribution in [0.4, 0.5) is 5.69 Å². The van der Waals surface area contributed by atoms with E-state index in [4.69, 9.17) is 4.74 Å². The number of anilines is 1. The molecule has 0 radical (unpaired) electrons. The summed E-state index contributed by atoms with van der Waals surface area (Å²) in [4.78, 5) is 14.6. The number of nitrogens with zero attached hydrogens (tertiary/aromatic N) is 1. The van der Waals surface area contributed by atoms with Gasteiger partial charge in [-0.15, -0.1) is 0 Å². The highest BCUT2D eigenvalue weighted by atomic mass is 16.5. The Hall–Kier alpha value is -1.43. The molecule has 0 aromatic heterocycles. The van der Waals surface area contributed by atoms with Crippen LogP contribution in [0.15, 0.2) is 24.3 Å². The highest BCUT2D eigenvalue weighted by Crippen LogP contribution is 2.19. The number of hydrogen-bond donors (Lipinski definition) is 2. The van der Waals surface area contributed by atoms with Crippen molar-refractivity contribution < 1.29 is 9.53 Å². The van der Waals surface area contributed by atoms with E-state index in [0.717, 1.165) is 51.6 Å². The molecule has 2 fully saturated rings. The zero-order valence-electron chi connectivity index (χ0n) is 13.2. The second-order valence-corrected chi connectivity index (χ2v) is 6.28. The van der Waals surface area contributed by atoms with E-state index in [1.54, 1.807) is 0 Å². The molecule has 2 saturated heterocycles. The number of carbonyl (C=O) groups excluding carboxylic acids is 1. The van der Waals surface area contributed by atoms with Crippen molar-refractivity contribution in [3.63, 3.8) is 0 Å². The Morgan fingerprint density at radius 2 is 2.00 bits per heavy atom. The molecule has 1 aromatic rings. The van der Waals surface area contributed by atoms with Gasteiger partial charge in [0.05, 0.1) is 13.2 Å². The van der Waals surface area contributed by atoms with Crippen molar-refractivity contribution in [3.05, 3.63) is 29.8 Å². The summed E-state index contributed by atoms with van der Waals surface area (Å²) in [7, 11) is 0. The van der Waals surface area contributed by atoms with Gasteiger partial charge in [-0.25, -0.2) is 0 Å². The summed E-state index contributed by atoms with van der Waals surface area (Å²) in [6.45, 7) is 8.48. The number of rotatable bonds is 5. The molecular weight excluding hydrogens is 278 g/mol. The van der Waals surface area contributed by atoms with Gasteiger partial charge < -0.3 is 15.4 Å². The van der Waals surface area contributed by atoms with E-state index >= 15 is 0 Å². The SMILES string of the molecule is CC(C(=O)Nc1ccc(CN2CCOCC2)cc1)C1CNC1. The van der Waals surface area contributed by atoms with Crippen LogP contribution in [0, 0.1) is 11.8 Å². The summed E-state index contributed by atoms with van der Waals surface area (Å²) in [6.07, 6.45) is 0. The average Bonchev–Trinajstić information content (AvgIpc) is 2.48. The molecule has 2 aliphatic rings. The first-order valence-corrected chi connectivity index (χ1v) is 8.13. The lowest BCUT2D eigenvalue weighted by Crippen LogP contribution is -2.48. The summed E-state index contributed by atoms with van der Waals surface area (Å²) in [5.74, 6) is 0.655. The maximum Gasteiger partial charge on any atom is 0.227 e. The van der Waals surface area contributed by atoms with Gasteiger partial charge in [-0.3, -0.25) is 9.69 Å². The van der Waals surface area contributed by atoms with E-state index in [1.165, 1.54) is 5.56 Å². The molecule has 0 aliphatic carbocycles. The number of amides is 1. The first-order chi connectivity index (χ1) is 10.7. The maximum atomic E-state index is 12.2. The van der Waals surface area contributed by atoms with Crippen molar-refractivity contribution >= 4 is 11.6 Å². The number of ether oxygens (including phenoxy) is 1. The monoisotopic (exact) mass is 303 g/mol. The summed E-state index contributed by atoms with van der Waals surface area (Å²) in [5, 5.41) is 6.23. The first-order valence-electron chi connectivity index (χ1n) is 8.13. The van der Waals surface area contributed by atoms with Crippen LogP contribution in [0.5, 0.6) is 0 Å². The zero-order chi connectivity index (χ0) is 15.4. The number of nitrogens with one attached hydrogen (secondary N) is 2. The van der Waals surface area contributed by atoms with Crippen molar-refractivity contribution in [1.29, 1.82) is 0 Å². The molecule has 1 unspecified atom stereocenters. The summed E-state index contributed by atoms with van der Waals surface area (Å²) in [5.41, 5.74) is 2.16. The van der Waals surface area contributed by atoms with E-state index in [1.807, 2.05) is 19.1 Å². The minimum absolute atomic E-state index is 0.0641. The summed E-state index contributed by atoms with van der Waals surface area (Å²) >= 11 is 0. The Kier molecular flexibility index (Phi) is 5.08. The Morgan fingerprint density at radius 1 is 1.32 bits per heavy atom. The minimum atomic E-state index is 0.0641. The van der Waals surface area contributed by atoms with E-state index in [-0.39, 0.29) is 11.8 Å². The Morgan fingerprint density at radius 3 is 2.59 bits per heavy atom. The molecule has 1 atom stereocenters.